The van der Waals surface area contributed by atoms with E-state index >= 15 is 0 Å². The van der Waals surface area contributed by atoms with Crippen molar-refractivity contribution in [1.82, 2.24) is 10.3 Å². The average molecular weight is 311 g/mol. The zero-order valence-electron chi connectivity index (χ0n) is 11.4. The van der Waals surface area contributed by atoms with E-state index in [0.29, 0.717) is 17.6 Å². The molecule has 5 heteroatoms. The third kappa shape index (κ3) is 4.47. The number of nitrogens with zero attached hydrogens (tertiary/aromatic N) is 1. The zero-order valence-corrected chi connectivity index (χ0v) is 12.9. The van der Waals surface area contributed by atoms with E-state index in [0.717, 1.165) is 15.5 Å². The molecule has 0 atom stereocenters. The molecule has 1 heterocycles. The maximum absolute atomic E-state index is 13.4. The molecule has 2 aromatic rings. The Kier molecular flexibility index (Phi) is 5.40. The molecule has 0 amide bonds. The Morgan fingerprint density at radius 3 is 2.75 bits per heavy atom. The van der Waals surface area contributed by atoms with Gasteiger partial charge in [0.25, 0.3) is 0 Å². The summed E-state index contributed by atoms with van der Waals surface area (Å²) in [5, 5.41) is 4.75. The minimum absolute atomic E-state index is 0.223. The largest absolute Gasteiger partial charge is 0.310 e. The van der Waals surface area contributed by atoms with Crippen LogP contribution >= 0.6 is 23.4 Å². The van der Waals surface area contributed by atoms with Crippen LogP contribution < -0.4 is 5.32 Å². The van der Waals surface area contributed by atoms with Crippen LogP contribution in [0.1, 0.15) is 19.4 Å². The van der Waals surface area contributed by atoms with Crippen molar-refractivity contribution < 1.29 is 4.39 Å². The quantitative estimate of drug-likeness (QED) is 0.878. The van der Waals surface area contributed by atoms with Crippen LogP contribution in [0.25, 0.3) is 0 Å². The molecule has 106 valence electrons. The second kappa shape index (κ2) is 7.07. The van der Waals surface area contributed by atoms with Crippen molar-refractivity contribution >= 4 is 23.4 Å². The number of halogens is 2. The predicted octanol–water partition coefficient (Wildman–Crippen LogP) is 4.52. The molecule has 1 N–H and O–H groups in total. The summed E-state index contributed by atoms with van der Waals surface area (Å²) >= 11 is 7.33. The summed E-state index contributed by atoms with van der Waals surface area (Å²) in [5.41, 5.74) is 0.931. The van der Waals surface area contributed by atoms with Gasteiger partial charge in [0.1, 0.15) is 10.8 Å². The number of nitrogens with one attached hydrogen (secondary N) is 1. The molecule has 0 saturated carbocycles. The van der Waals surface area contributed by atoms with Gasteiger partial charge >= 0.3 is 0 Å². The molecule has 0 aliphatic carbocycles. The molecule has 1 aromatic heterocycles. The molecular formula is C15H16ClFN2S. The molecule has 0 saturated heterocycles. The number of rotatable bonds is 5. The van der Waals surface area contributed by atoms with Crippen molar-refractivity contribution in [3.05, 3.63) is 52.9 Å². The van der Waals surface area contributed by atoms with Crippen molar-refractivity contribution in [2.75, 3.05) is 0 Å². The molecule has 0 fully saturated rings. The predicted molar refractivity (Wildman–Crippen MR) is 81.7 cm³/mol. The first-order chi connectivity index (χ1) is 9.54. The van der Waals surface area contributed by atoms with Crippen LogP contribution in [0.3, 0.4) is 0 Å². The Morgan fingerprint density at radius 1 is 1.30 bits per heavy atom. The first-order valence-electron chi connectivity index (χ1n) is 6.36. The molecule has 2 nitrogen and oxygen atoms in total. The van der Waals surface area contributed by atoms with Gasteiger partial charge in [-0.15, -0.1) is 0 Å². The van der Waals surface area contributed by atoms with Crippen molar-refractivity contribution in [2.45, 2.75) is 36.4 Å². The van der Waals surface area contributed by atoms with Gasteiger partial charge in [-0.1, -0.05) is 37.2 Å². The van der Waals surface area contributed by atoms with Gasteiger partial charge in [-0.3, -0.25) is 0 Å². The second-order valence-corrected chi connectivity index (χ2v) is 6.20. The number of aromatic nitrogens is 1. The molecular weight excluding hydrogens is 295 g/mol. The molecule has 0 unspecified atom stereocenters. The lowest BCUT2D eigenvalue weighted by molar-refractivity contribution is 0.576. The van der Waals surface area contributed by atoms with Gasteiger partial charge in [-0.05, 0) is 35.9 Å². The molecule has 0 spiro atoms. The van der Waals surface area contributed by atoms with Gasteiger partial charge in [0.2, 0.25) is 0 Å². The van der Waals surface area contributed by atoms with E-state index in [-0.39, 0.29) is 5.82 Å². The Hall–Kier alpha value is -1.10. The minimum atomic E-state index is -0.223. The number of hydrogen-bond donors (Lipinski definition) is 1. The molecule has 1 aromatic carbocycles. The summed E-state index contributed by atoms with van der Waals surface area (Å²) < 4.78 is 13.4. The number of hydrogen-bond acceptors (Lipinski definition) is 3. The fourth-order valence-corrected chi connectivity index (χ4v) is 2.61. The zero-order chi connectivity index (χ0) is 14.5. The summed E-state index contributed by atoms with van der Waals surface area (Å²) in [4.78, 5) is 5.24. The monoisotopic (exact) mass is 310 g/mol. The van der Waals surface area contributed by atoms with Gasteiger partial charge in [0.15, 0.2) is 0 Å². The Morgan fingerprint density at radius 2 is 2.10 bits per heavy atom. The molecule has 20 heavy (non-hydrogen) atoms. The number of benzene rings is 1. The van der Waals surface area contributed by atoms with E-state index in [9.17, 15) is 4.39 Å². The van der Waals surface area contributed by atoms with E-state index < -0.39 is 0 Å². The molecule has 0 radical (unpaired) electrons. The van der Waals surface area contributed by atoms with E-state index in [2.05, 4.69) is 24.1 Å². The first-order valence-corrected chi connectivity index (χ1v) is 7.55. The van der Waals surface area contributed by atoms with Crippen LogP contribution in [0.15, 0.2) is 46.5 Å². The molecule has 0 aliphatic rings. The fourth-order valence-electron chi connectivity index (χ4n) is 1.64. The van der Waals surface area contributed by atoms with Crippen LogP contribution in [0.2, 0.25) is 5.02 Å². The smallest absolute Gasteiger partial charge is 0.123 e. The highest BCUT2D eigenvalue weighted by molar-refractivity contribution is 7.99. The molecule has 2 rings (SSSR count). The van der Waals surface area contributed by atoms with E-state index in [1.807, 2.05) is 6.07 Å². The fraction of sp³-hybridized carbons (Fsp3) is 0.267. The van der Waals surface area contributed by atoms with Gasteiger partial charge in [0, 0.05) is 23.7 Å². The Balaban J connectivity index is 2.19. The highest BCUT2D eigenvalue weighted by atomic mass is 35.5. The lowest BCUT2D eigenvalue weighted by Crippen LogP contribution is -2.22. The van der Waals surface area contributed by atoms with Crippen LogP contribution in [0, 0.1) is 5.82 Å². The third-order valence-corrected chi connectivity index (χ3v) is 3.93. The summed E-state index contributed by atoms with van der Waals surface area (Å²) in [7, 11) is 0. The second-order valence-electron chi connectivity index (χ2n) is 4.70. The van der Waals surface area contributed by atoms with Crippen LogP contribution in [-0.4, -0.2) is 11.0 Å². The first kappa shape index (κ1) is 15.3. The maximum atomic E-state index is 13.4. The van der Waals surface area contributed by atoms with Crippen molar-refractivity contribution in [1.29, 1.82) is 0 Å². The lowest BCUT2D eigenvalue weighted by atomic mass is 10.2. The van der Waals surface area contributed by atoms with Crippen molar-refractivity contribution in [3.63, 3.8) is 0 Å². The van der Waals surface area contributed by atoms with Gasteiger partial charge in [-0.2, -0.15) is 0 Å². The van der Waals surface area contributed by atoms with E-state index in [4.69, 9.17) is 11.6 Å². The highest BCUT2D eigenvalue weighted by Gasteiger charge is 2.07. The maximum Gasteiger partial charge on any atom is 0.123 e. The topological polar surface area (TPSA) is 24.9 Å². The van der Waals surface area contributed by atoms with Crippen molar-refractivity contribution in [2.24, 2.45) is 0 Å². The summed E-state index contributed by atoms with van der Waals surface area (Å²) in [6.45, 7) is 4.76. The average Bonchev–Trinajstić information content (AvgIpc) is 2.41. The molecule has 0 bridgehead atoms. The van der Waals surface area contributed by atoms with Gasteiger partial charge in [0.05, 0.1) is 5.02 Å². The highest BCUT2D eigenvalue weighted by Crippen LogP contribution is 2.30. The van der Waals surface area contributed by atoms with Crippen molar-refractivity contribution in [3.8, 4) is 0 Å². The van der Waals surface area contributed by atoms with Gasteiger partial charge < -0.3 is 5.32 Å². The van der Waals surface area contributed by atoms with Crippen LogP contribution in [0.4, 0.5) is 4.39 Å². The Bertz CT molecular complexity index is 573. The van der Waals surface area contributed by atoms with Gasteiger partial charge in [-0.25, -0.2) is 9.37 Å². The standard InChI is InChI=1S/C15H16ClFN2S/c1-10(2)18-8-11-7-13(17)4-5-14(11)20-15-6-3-12(16)9-19-15/h3-7,9-10,18H,8H2,1-2H3. The summed E-state index contributed by atoms with van der Waals surface area (Å²) in [6, 6.07) is 8.82. The number of pyridine rings is 1. The summed E-state index contributed by atoms with van der Waals surface area (Å²) in [5.74, 6) is -0.223. The SMILES string of the molecule is CC(C)NCc1cc(F)ccc1Sc1ccc(Cl)cn1. The lowest BCUT2D eigenvalue weighted by Gasteiger charge is -2.12. The van der Waals surface area contributed by atoms with E-state index in [1.54, 1.807) is 24.4 Å². The van der Waals surface area contributed by atoms with E-state index in [1.165, 1.54) is 17.8 Å². The van der Waals surface area contributed by atoms with Crippen LogP contribution in [-0.2, 0) is 6.54 Å². The molecule has 0 aliphatic heterocycles. The normalized spacial score (nSPS) is 11.1. The summed E-state index contributed by atoms with van der Waals surface area (Å²) in [6.07, 6.45) is 1.61. The van der Waals surface area contributed by atoms with Crippen LogP contribution in [0.5, 0.6) is 0 Å². The minimum Gasteiger partial charge on any atom is -0.310 e. The third-order valence-electron chi connectivity index (χ3n) is 2.64. The Labute approximate surface area is 127 Å².